The number of ether oxygens (including phenoxy) is 1. The molecule has 0 bridgehead atoms. The van der Waals surface area contributed by atoms with E-state index >= 15 is 0 Å². The molecule has 0 radical (unpaired) electrons. The topological polar surface area (TPSA) is 17.0 Å². The number of unbranched alkanes of at least 4 members (excludes halogenated alkanes) is 14. The molecule has 3 rings (SSSR count). The van der Waals surface area contributed by atoms with Gasteiger partial charge in [-0.05, 0) is 68.3 Å². The molecular formula is C35H52Br2N2OS+2. The minimum atomic E-state index is 0.703. The van der Waals surface area contributed by atoms with E-state index in [2.05, 4.69) is 103 Å². The Labute approximate surface area is 271 Å². The van der Waals surface area contributed by atoms with Crippen LogP contribution in [0.5, 0.6) is 0 Å². The zero-order valence-corrected chi connectivity index (χ0v) is 29.3. The molecule has 3 nitrogen and oxygen atoms in total. The Morgan fingerprint density at radius 1 is 0.610 bits per heavy atom. The van der Waals surface area contributed by atoms with Gasteiger partial charge in [0.25, 0.3) is 0 Å². The Kier molecular flexibility index (Phi) is 18.1. The van der Waals surface area contributed by atoms with Gasteiger partial charge in [0.05, 0.1) is 14.2 Å². The number of thiophene rings is 1. The second-order valence-corrected chi connectivity index (χ2v) is 15.1. The molecule has 0 aliphatic heterocycles. The predicted molar refractivity (Wildman–Crippen MR) is 181 cm³/mol. The molecule has 0 aliphatic carbocycles. The summed E-state index contributed by atoms with van der Waals surface area (Å²) in [5.74, 6) is 0. The molecular weight excluding hydrogens is 656 g/mol. The highest BCUT2D eigenvalue weighted by Crippen LogP contribution is 2.32. The normalized spacial score (nSPS) is 11.4. The molecule has 0 saturated heterocycles. The third kappa shape index (κ3) is 14.8. The van der Waals surface area contributed by atoms with E-state index < -0.39 is 0 Å². The first-order valence-electron chi connectivity index (χ1n) is 16.2. The summed E-state index contributed by atoms with van der Waals surface area (Å²) < 4.78 is 12.8. The number of hydrogen-bond acceptors (Lipinski definition) is 2. The van der Waals surface area contributed by atoms with Crippen molar-refractivity contribution >= 4 is 43.2 Å². The van der Waals surface area contributed by atoms with Gasteiger partial charge in [-0.3, -0.25) is 0 Å². The van der Waals surface area contributed by atoms with Crippen LogP contribution in [0, 0.1) is 0 Å². The summed E-state index contributed by atoms with van der Waals surface area (Å²) in [4.78, 5) is 0. The Hall–Kier alpha value is -1.08. The van der Waals surface area contributed by atoms with Crippen LogP contribution in [0.25, 0.3) is 11.1 Å². The van der Waals surface area contributed by atoms with Crippen molar-refractivity contribution in [1.29, 1.82) is 0 Å². The van der Waals surface area contributed by atoms with Gasteiger partial charge >= 0.3 is 0 Å². The van der Waals surface area contributed by atoms with Gasteiger partial charge in [-0.25, -0.2) is 9.13 Å². The van der Waals surface area contributed by atoms with Gasteiger partial charge in [0.2, 0.25) is 0 Å². The molecule has 0 spiro atoms. The highest BCUT2D eigenvalue weighted by molar-refractivity contribution is 9.12. The van der Waals surface area contributed by atoms with E-state index in [9.17, 15) is 0 Å². The maximum atomic E-state index is 5.84. The minimum absolute atomic E-state index is 0.703. The van der Waals surface area contributed by atoms with Crippen LogP contribution in [0.15, 0.2) is 62.7 Å². The van der Waals surface area contributed by atoms with Crippen LogP contribution in [0.1, 0.15) is 115 Å². The van der Waals surface area contributed by atoms with Gasteiger partial charge in [0, 0.05) is 49.3 Å². The van der Waals surface area contributed by atoms with Crippen molar-refractivity contribution in [3.63, 3.8) is 0 Å². The molecule has 0 saturated carbocycles. The van der Waals surface area contributed by atoms with Crippen LogP contribution in [0.2, 0.25) is 0 Å². The molecule has 0 atom stereocenters. The third-order valence-electron chi connectivity index (χ3n) is 7.83. The van der Waals surface area contributed by atoms with Crippen LogP contribution >= 0.6 is 43.2 Å². The summed E-state index contributed by atoms with van der Waals surface area (Å²) in [5.41, 5.74) is 3.85. The molecule has 41 heavy (non-hydrogen) atoms. The Morgan fingerprint density at radius 3 is 1.49 bits per heavy atom. The van der Waals surface area contributed by atoms with E-state index in [1.807, 2.05) is 0 Å². The Balaban J connectivity index is 1.17. The number of aromatic nitrogens is 2. The van der Waals surface area contributed by atoms with Gasteiger partial charge in [0.15, 0.2) is 24.8 Å². The molecule has 0 aromatic carbocycles. The lowest BCUT2D eigenvalue weighted by Gasteiger charge is -2.04. The van der Waals surface area contributed by atoms with E-state index in [1.165, 1.54) is 117 Å². The average Bonchev–Trinajstić information content (AvgIpc) is 3.31. The highest BCUT2D eigenvalue weighted by Gasteiger charge is 2.07. The van der Waals surface area contributed by atoms with Crippen molar-refractivity contribution < 1.29 is 13.9 Å². The summed E-state index contributed by atoms with van der Waals surface area (Å²) in [6, 6.07) is 11.2. The molecule has 3 aromatic heterocycles. The molecule has 0 amide bonds. The number of hydrogen-bond donors (Lipinski definition) is 0. The van der Waals surface area contributed by atoms with Gasteiger partial charge in [-0.1, -0.05) is 77.6 Å². The lowest BCUT2D eigenvalue weighted by molar-refractivity contribution is -0.697. The SMILES string of the molecule is CCCCCCCCCC[n+]1ccc(-c2cc[n+](CCCCCCCCCCOCc3cc(Br)sc3Br)cc2)cc1. The van der Waals surface area contributed by atoms with E-state index in [0.29, 0.717) is 6.61 Å². The summed E-state index contributed by atoms with van der Waals surface area (Å²) in [6.45, 7) is 6.09. The molecule has 3 heterocycles. The van der Waals surface area contributed by atoms with Crippen LogP contribution in [0.3, 0.4) is 0 Å². The quantitative estimate of drug-likeness (QED) is 0.0708. The monoisotopic (exact) mass is 706 g/mol. The molecule has 0 aliphatic rings. The molecule has 0 fully saturated rings. The van der Waals surface area contributed by atoms with Crippen molar-refractivity contribution in [3.8, 4) is 11.1 Å². The summed E-state index contributed by atoms with van der Waals surface area (Å²) in [6.07, 6.45) is 30.4. The lowest BCUT2D eigenvalue weighted by Crippen LogP contribution is -2.33. The van der Waals surface area contributed by atoms with Gasteiger partial charge < -0.3 is 4.74 Å². The first kappa shape index (κ1) is 34.4. The highest BCUT2D eigenvalue weighted by atomic mass is 79.9. The molecule has 226 valence electrons. The number of pyridine rings is 2. The van der Waals surface area contributed by atoms with Crippen LogP contribution in [-0.2, 0) is 24.4 Å². The second kappa shape index (κ2) is 21.6. The number of aryl methyl sites for hydroxylation is 2. The van der Waals surface area contributed by atoms with Crippen molar-refractivity contribution in [2.24, 2.45) is 0 Å². The van der Waals surface area contributed by atoms with Crippen molar-refractivity contribution in [1.82, 2.24) is 0 Å². The summed E-state index contributed by atoms with van der Waals surface area (Å²) >= 11 is 8.82. The maximum Gasteiger partial charge on any atom is 0.169 e. The Morgan fingerprint density at radius 2 is 1.05 bits per heavy atom. The average molecular weight is 709 g/mol. The smallest absolute Gasteiger partial charge is 0.169 e. The van der Waals surface area contributed by atoms with Gasteiger partial charge in [0.1, 0.15) is 13.1 Å². The van der Waals surface area contributed by atoms with Crippen molar-refractivity contribution in [2.75, 3.05) is 6.61 Å². The summed E-state index contributed by atoms with van der Waals surface area (Å²) in [5, 5.41) is 0. The molecule has 6 heteroatoms. The fourth-order valence-electron chi connectivity index (χ4n) is 5.24. The van der Waals surface area contributed by atoms with E-state index in [0.717, 1.165) is 29.9 Å². The van der Waals surface area contributed by atoms with E-state index in [4.69, 9.17) is 4.74 Å². The number of nitrogens with zero attached hydrogens (tertiary/aromatic N) is 2. The zero-order chi connectivity index (χ0) is 29.0. The van der Waals surface area contributed by atoms with Crippen LogP contribution in [-0.4, -0.2) is 6.61 Å². The largest absolute Gasteiger partial charge is 0.377 e. The van der Waals surface area contributed by atoms with Gasteiger partial charge in [-0.15, -0.1) is 11.3 Å². The molecule has 3 aromatic rings. The minimum Gasteiger partial charge on any atom is -0.377 e. The lowest BCUT2D eigenvalue weighted by atomic mass is 10.1. The van der Waals surface area contributed by atoms with E-state index in [-0.39, 0.29) is 0 Å². The van der Waals surface area contributed by atoms with Crippen LogP contribution < -0.4 is 9.13 Å². The third-order valence-corrected chi connectivity index (χ3v) is 10.3. The Bertz CT molecular complexity index is 1070. The van der Waals surface area contributed by atoms with Gasteiger partial charge in [-0.2, -0.15) is 0 Å². The fraction of sp³-hybridized carbons (Fsp3) is 0.600. The first-order valence-corrected chi connectivity index (χ1v) is 18.6. The second-order valence-electron chi connectivity index (χ2n) is 11.4. The molecule has 0 unspecified atom stereocenters. The predicted octanol–water partition coefficient (Wildman–Crippen LogP) is 11.0. The standard InChI is InChI=1S/C35H52Br2N2OS/c1-2-3-4-5-6-9-12-15-22-38-24-18-31(19-25-38)32-20-26-39(27-21-32)23-16-13-10-7-8-11-14-17-28-40-30-33-29-34(36)41-35(33)37/h18-21,24-27,29H,2-17,22-23,28,30H2,1H3/q+2. The fourth-order valence-corrected chi connectivity index (χ4v) is 8.03. The summed E-state index contributed by atoms with van der Waals surface area (Å²) in [7, 11) is 0. The molecule has 0 N–H and O–H groups in total. The number of rotatable bonds is 23. The van der Waals surface area contributed by atoms with Crippen molar-refractivity contribution in [2.45, 2.75) is 129 Å². The first-order chi connectivity index (χ1) is 20.2. The van der Waals surface area contributed by atoms with E-state index in [1.54, 1.807) is 11.3 Å². The van der Waals surface area contributed by atoms with Crippen LogP contribution in [0.4, 0.5) is 0 Å². The zero-order valence-electron chi connectivity index (χ0n) is 25.3. The number of halogens is 2. The van der Waals surface area contributed by atoms with Crippen molar-refractivity contribution in [3.05, 3.63) is 68.3 Å². The maximum absolute atomic E-state index is 5.84.